The molecule has 0 bridgehead atoms. The van der Waals surface area contributed by atoms with Crippen LogP contribution in [0.25, 0.3) is 0 Å². The third kappa shape index (κ3) is 3.24. The summed E-state index contributed by atoms with van der Waals surface area (Å²) in [5.41, 5.74) is 1.29. The van der Waals surface area contributed by atoms with E-state index >= 15 is 0 Å². The highest BCUT2D eigenvalue weighted by molar-refractivity contribution is 9.09. The standard InChI is InChI=1S/C14H21BrO/c1-5-16-13-9-7-6-8-12(13)11(4)14(15)10(2)3/h6-11,14H,5H2,1-4H3. The van der Waals surface area contributed by atoms with Gasteiger partial charge in [-0.15, -0.1) is 0 Å². The maximum absolute atomic E-state index is 5.67. The molecule has 1 rings (SSSR count). The van der Waals surface area contributed by atoms with E-state index in [1.54, 1.807) is 0 Å². The van der Waals surface area contributed by atoms with Crippen LogP contribution in [0.2, 0.25) is 0 Å². The van der Waals surface area contributed by atoms with Gasteiger partial charge in [0.1, 0.15) is 5.75 Å². The molecule has 0 aliphatic heterocycles. The molecule has 2 atom stereocenters. The van der Waals surface area contributed by atoms with Crippen molar-refractivity contribution in [3.05, 3.63) is 29.8 Å². The Labute approximate surface area is 107 Å². The number of alkyl halides is 1. The Hall–Kier alpha value is -0.500. The quantitative estimate of drug-likeness (QED) is 0.718. The fraction of sp³-hybridized carbons (Fsp3) is 0.571. The van der Waals surface area contributed by atoms with E-state index in [-0.39, 0.29) is 0 Å². The maximum Gasteiger partial charge on any atom is 0.122 e. The molecule has 0 aliphatic rings. The average molecular weight is 285 g/mol. The molecule has 0 N–H and O–H groups in total. The predicted octanol–water partition coefficient (Wildman–Crippen LogP) is 4.61. The summed E-state index contributed by atoms with van der Waals surface area (Å²) < 4.78 is 5.67. The zero-order valence-corrected chi connectivity index (χ0v) is 12.1. The number of hydrogen-bond acceptors (Lipinski definition) is 1. The Kier molecular flexibility index (Phi) is 5.33. The second kappa shape index (κ2) is 6.29. The summed E-state index contributed by atoms with van der Waals surface area (Å²) in [4.78, 5) is 0.481. The zero-order chi connectivity index (χ0) is 12.1. The van der Waals surface area contributed by atoms with Crippen LogP contribution < -0.4 is 4.74 Å². The van der Waals surface area contributed by atoms with Crippen molar-refractivity contribution in [1.29, 1.82) is 0 Å². The van der Waals surface area contributed by atoms with Crippen LogP contribution in [0.15, 0.2) is 24.3 Å². The van der Waals surface area contributed by atoms with Gasteiger partial charge in [-0.25, -0.2) is 0 Å². The molecule has 0 heterocycles. The molecule has 90 valence electrons. The highest BCUT2D eigenvalue weighted by atomic mass is 79.9. The van der Waals surface area contributed by atoms with Crippen LogP contribution in [0.3, 0.4) is 0 Å². The van der Waals surface area contributed by atoms with E-state index in [0.717, 1.165) is 12.4 Å². The Bertz CT molecular complexity index is 322. The monoisotopic (exact) mass is 284 g/mol. The minimum Gasteiger partial charge on any atom is -0.494 e. The first-order valence-electron chi connectivity index (χ1n) is 5.93. The van der Waals surface area contributed by atoms with Gasteiger partial charge in [0.05, 0.1) is 6.61 Å². The van der Waals surface area contributed by atoms with Crippen LogP contribution in [0.4, 0.5) is 0 Å². The van der Waals surface area contributed by atoms with Crippen molar-refractivity contribution in [2.45, 2.75) is 38.4 Å². The van der Waals surface area contributed by atoms with Gasteiger partial charge in [-0.05, 0) is 30.4 Å². The Morgan fingerprint density at radius 2 is 1.81 bits per heavy atom. The first kappa shape index (κ1) is 13.6. The number of halogens is 1. The lowest BCUT2D eigenvalue weighted by Crippen LogP contribution is -2.16. The van der Waals surface area contributed by atoms with Gasteiger partial charge in [-0.3, -0.25) is 0 Å². The Balaban J connectivity index is 2.93. The van der Waals surface area contributed by atoms with E-state index in [1.807, 2.05) is 13.0 Å². The van der Waals surface area contributed by atoms with Gasteiger partial charge >= 0.3 is 0 Å². The van der Waals surface area contributed by atoms with Gasteiger partial charge in [0, 0.05) is 4.83 Å². The van der Waals surface area contributed by atoms with Gasteiger partial charge in [0.2, 0.25) is 0 Å². The summed E-state index contributed by atoms with van der Waals surface area (Å²) in [6, 6.07) is 8.32. The van der Waals surface area contributed by atoms with Crippen molar-refractivity contribution in [2.75, 3.05) is 6.61 Å². The SMILES string of the molecule is CCOc1ccccc1C(C)C(Br)C(C)C. The van der Waals surface area contributed by atoms with E-state index in [4.69, 9.17) is 4.74 Å². The lowest BCUT2D eigenvalue weighted by molar-refractivity contribution is 0.333. The smallest absolute Gasteiger partial charge is 0.122 e. The molecule has 0 saturated carbocycles. The summed E-state index contributed by atoms with van der Waals surface area (Å²) in [5.74, 6) is 2.09. The second-order valence-electron chi connectivity index (χ2n) is 4.45. The highest BCUT2D eigenvalue weighted by Crippen LogP contribution is 2.34. The molecule has 0 amide bonds. The molecule has 0 spiro atoms. The van der Waals surface area contributed by atoms with E-state index < -0.39 is 0 Å². The molecule has 2 unspecified atom stereocenters. The summed E-state index contributed by atoms with van der Waals surface area (Å²) in [5, 5.41) is 0. The van der Waals surface area contributed by atoms with Crippen molar-refractivity contribution >= 4 is 15.9 Å². The summed E-state index contributed by atoms with van der Waals surface area (Å²) in [6.45, 7) is 9.46. The van der Waals surface area contributed by atoms with Crippen LogP contribution in [-0.4, -0.2) is 11.4 Å². The summed E-state index contributed by atoms with van der Waals surface area (Å²) in [7, 11) is 0. The third-order valence-corrected chi connectivity index (χ3v) is 4.67. The number of ether oxygens (including phenoxy) is 1. The Morgan fingerprint density at radius 3 is 2.38 bits per heavy atom. The predicted molar refractivity (Wildman–Crippen MR) is 73.6 cm³/mol. The molecule has 1 aromatic carbocycles. The molecule has 0 saturated heterocycles. The fourth-order valence-corrected chi connectivity index (χ4v) is 2.18. The third-order valence-electron chi connectivity index (χ3n) is 2.82. The lowest BCUT2D eigenvalue weighted by atomic mass is 9.91. The number of hydrogen-bond donors (Lipinski definition) is 0. The highest BCUT2D eigenvalue weighted by Gasteiger charge is 2.21. The first-order chi connectivity index (χ1) is 7.57. The maximum atomic E-state index is 5.67. The van der Waals surface area contributed by atoms with E-state index in [1.165, 1.54) is 5.56 Å². The van der Waals surface area contributed by atoms with Gasteiger partial charge in [-0.2, -0.15) is 0 Å². The molecular formula is C14H21BrO. The zero-order valence-electron chi connectivity index (χ0n) is 10.5. The van der Waals surface area contributed by atoms with Gasteiger partial charge in [0.25, 0.3) is 0 Å². The van der Waals surface area contributed by atoms with E-state index in [9.17, 15) is 0 Å². The van der Waals surface area contributed by atoms with Crippen LogP contribution >= 0.6 is 15.9 Å². The molecule has 0 aromatic heterocycles. The fourth-order valence-electron chi connectivity index (χ4n) is 1.89. The second-order valence-corrected chi connectivity index (χ2v) is 5.51. The molecule has 0 aliphatic carbocycles. The number of rotatable bonds is 5. The van der Waals surface area contributed by atoms with Crippen molar-refractivity contribution in [3.63, 3.8) is 0 Å². The average Bonchev–Trinajstić information content (AvgIpc) is 2.28. The van der Waals surface area contributed by atoms with Crippen molar-refractivity contribution < 1.29 is 4.74 Å². The largest absolute Gasteiger partial charge is 0.494 e. The van der Waals surface area contributed by atoms with Gasteiger partial charge < -0.3 is 4.74 Å². The molecule has 1 aromatic rings. The molecule has 2 heteroatoms. The molecule has 16 heavy (non-hydrogen) atoms. The van der Waals surface area contributed by atoms with Gasteiger partial charge in [-0.1, -0.05) is 54.9 Å². The van der Waals surface area contributed by atoms with Crippen molar-refractivity contribution in [2.24, 2.45) is 5.92 Å². The normalized spacial score (nSPS) is 14.9. The number of benzene rings is 1. The lowest BCUT2D eigenvalue weighted by Gasteiger charge is -2.24. The van der Waals surface area contributed by atoms with E-state index in [2.05, 4.69) is 54.9 Å². The molecule has 0 fully saturated rings. The van der Waals surface area contributed by atoms with E-state index in [0.29, 0.717) is 16.7 Å². The molecule has 1 nitrogen and oxygen atoms in total. The summed E-state index contributed by atoms with van der Waals surface area (Å²) >= 11 is 3.77. The van der Waals surface area contributed by atoms with Crippen LogP contribution in [0.5, 0.6) is 5.75 Å². The van der Waals surface area contributed by atoms with Crippen LogP contribution in [0, 0.1) is 5.92 Å². The van der Waals surface area contributed by atoms with Crippen LogP contribution in [0.1, 0.15) is 39.2 Å². The minimum atomic E-state index is 0.461. The minimum absolute atomic E-state index is 0.461. The molecular weight excluding hydrogens is 264 g/mol. The first-order valence-corrected chi connectivity index (χ1v) is 6.85. The number of para-hydroxylation sites is 1. The van der Waals surface area contributed by atoms with Crippen LogP contribution in [-0.2, 0) is 0 Å². The Morgan fingerprint density at radius 1 is 1.19 bits per heavy atom. The topological polar surface area (TPSA) is 9.23 Å². The molecule has 0 radical (unpaired) electrons. The van der Waals surface area contributed by atoms with Crippen molar-refractivity contribution in [3.8, 4) is 5.75 Å². The summed E-state index contributed by atoms with van der Waals surface area (Å²) in [6.07, 6.45) is 0. The van der Waals surface area contributed by atoms with Crippen molar-refractivity contribution in [1.82, 2.24) is 0 Å². The van der Waals surface area contributed by atoms with Gasteiger partial charge in [0.15, 0.2) is 0 Å².